The molecule has 3 atom stereocenters. The first-order valence-electron chi connectivity index (χ1n) is 5.88. The van der Waals surface area contributed by atoms with Gasteiger partial charge in [-0.15, -0.1) is 0 Å². The van der Waals surface area contributed by atoms with Gasteiger partial charge in [-0.1, -0.05) is 21.3 Å². The third-order valence-corrected chi connectivity index (χ3v) is 3.97. The summed E-state index contributed by atoms with van der Waals surface area (Å²) in [6.45, 7) is 9.49. The van der Waals surface area contributed by atoms with Crippen molar-refractivity contribution in [1.82, 2.24) is 4.90 Å². The summed E-state index contributed by atoms with van der Waals surface area (Å²) in [5.41, 5.74) is 0. The van der Waals surface area contributed by atoms with Crippen molar-refractivity contribution in [2.45, 2.75) is 72.5 Å². The molecule has 1 heteroatoms. The van der Waals surface area contributed by atoms with Crippen LogP contribution in [0.15, 0.2) is 0 Å². The van der Waals surface area contributed by atoms with E-state index in [0.29, 0.717) is 0 Å². The van der Waals surface area contributed by atoms with Gasteiger partial charge >= 0.3 is 0 Å². The van der Waals surface area contributed by atoms with Crippen LogP contribution in [0.1, 0.15) is 54.4 Å². The topological polar surface area (TPSA) is 3.24 Å². The highest BCUT2D eigenvalue weighted by molar-refractivity contribution is 5.01. The Balaban J connectivity index is 0.000000980. The number of likely N-dealkylation sites (tertiary alicyclic amines) is 1. The molecule has 0 aromatic carbocycles. The molecule has 1 nitrogen and oxygen atoms in total. The molecule has 1 aliphatic carbocycles. The van der Waals surface area contributed by atoms with Gasteiger partial charge in [-0.05, 0) is 44.9 Å². The van der Waals surface area contributed by atoms with E-state index in [9.17, 15) is 0 Å². The summed E-state index contributed by atoms with van der Waals surface area (Å²) in [6.07, 6.45) is 4.45. The van der Waals surface area contributed by atoms with Gasteiger partial charge in [0, 0.05) is 18.1 Å². The average molecular weight is 197 g/mol. The normalized spacial score (nSPS) is 36.9. The molecule has 0 spiro atoms. The molecule has 1 saturated carbocycles. The lowest BCUT2D eigenvalue weighted by molar-refractivity contribution is 0.0732. The van der Waals surface area contributed by atoms with E-state index < -0.39 is 0 Å². The van der Waals surface area contributed by atoms with E-state index in [1.165, 1.54) is 19.3 Å². The molecule has 0 aromatic heterocycles. The van der Waals surface area contributed by atoms with Crippen molar-refractivity contribution in [3.8, 4) is 0 Å². The molecule has 14 heavy (non-hydrogen) atoms. The molecule has 1 aliphatic heterocycles. The third kappa shape index (κ3) is 1.71. The van der Waals surface area contributed by atoms with Crippen molar-refractivity contribution >= 4 is 0 Å². The van der Waals surface area contributed by atoms with Gasteiger partial charge in [-0.25, -0.2) is 0 Å². The maximum Gasteiger partial charge on any atom is 0.0153 e. The summed E-state index contributed by atoms with van der Waals surface area (Å²) >= 11 is 0. The van der Waals surface area contributed by atoms with Crippen LogP contribution in [0.3, 0.4) is 0 Å². The Labute approximate surface area is 89.9 Å². The third-order valence-electron chi connectivity index (χ3n) is 3.97. The maximum atomic E-state index is 2.79. The van der Waals surface area contributed by atoms with Crippen LogP contribution in [0.25, 0.3) is 0 Å². The lowest BCUT2D eigenvalue weighted by Gasteiger charge is -2.40. The predicted molar refractivity (Wildman–Crippen MR) is 63.5 cm³/mol. The molecular weight excluding hydrogens is 170 g/mol. The van der Waals surface area contributed by atoms with Gasteiger partial charge in [0.25, 0.3) is 0 Å². The van der Waals surface area contributed by atoms with Crippen LogP contribution in [-0.2, 0) is 0 Å². The Bertz CT molecular complexity index is 166. The summed E-state index contributed by atoms with van der Waals surface area (Å²) in [6, 6.07) is 2.57. The summed E-state index contributed by atoms with van der Waals surface area (Å²) in [7, 11) is 0. The Hall–Kier alpha value is -0.0400. The Kier molecular flexibility index (Phi) is 3.63. The Morgan fingerprint density at radius 2 is 1.71 bits per heavy atom. The van der Waals surface area contributed by atoms with Gasteiger partial charge in [0.1, 0.15) is 0 Å². The second-order valence-corrected chi connectivity index (χ2v) is 5.50. The van der Waals surface area contributed by atoms with Crippen molar-refractivity contribution in [3.63, 3.8) is 0 Å². The van der Waals surface area contributed by atoms with E-state index in [1.807, 2.05) is 0 Å². The highest BCUT2D eigenvalue weighted by atomic mass is 15.3. The number of hydrogen-bond acceptors (Lipinski definition) is 1. The second kappa shape index (κ2) is 4.22. The minimum atomic E-state index is 0. The van der Waals surface area contributed by atoms with Crippen LogP contribution < -0.4 is 0 Å². The second-order valence-electron chi connectivity index (χ2n) is 5.50. The van der Waals surface area contributed by atoms with Crippen LogP contribution in [0, 0.1) is 11.8 Å². The summed E-state index contributed by atoms with van der Waals surface area (Å²) in [5.74, 6) is 1.87. The van der Waals surface area contributed by atoms with Gasteiger partial charge in [-0.2, -0.15) is 0 Å². The molecule has 1 saturated heterocycles. The molecule has 0 radical (unpaired) electrons. The highest BCUT2D eigenvalue weighted by Gasteiger charge is 2.47. The van der Waals surface area contributed by atoms with Crippen LogP contribution >= 0.6 is 0 Å². The number of nitrogens with zero attached hydrogens (tertiary/aromatic N) is 1. The lowest BCUT2D eigenvalue weighted by Crippen LogP contribution is -2.47. The molecule has 0 N–H and O–H groups in total. The minimum absolute atomic E-state index is 0. The monoisotopic (exact) mass is 197 g/mol. The quantitative estimate of drug-likeness (QED) is 0.654. The van der Waals surface area contributed by atoms with Crippen LogP contribution in [0.4, 0.5) is 0 Å². The molecule has 84 valence electrons. The van der Waals surface area contributed by atoms with Crippen molar-refractivity contribution in [1.29, 1.82) is 0 Å². The number of hydrogen-bond donors (Lipinski definition) is 0. The lowest BCUT2D eigenvalue weighted by atomic mass is 9.89. The zero-order valence-electron chi connectivity index (χ0n) is 9.46. The van der Waals surface area contributed by atoms with E-state index in [-0.39, 0.29) is 7.43 Å². The molecule has 2 aliphatic rings. The van der Waals surface area contributed by atoms with Gasteiger partial charge in [-0.3, -0.25) is 4.90 Å². The summed E-state index contributed by atoms with van der Waals surface area (Å²) in [4.78, 5) is 2.79. The van der Waals surface area contributed by atoms with Crippen LogP contribution in [0.5, 0.6) is 0 Å². The van der Waals surface area contributed by atoms with Crippen LogP contribution in [-0.4, -0.2) is 23.0 Å². The first-order valence-corrected chi connectivity index (χ1v) is 5.88. The molecule has 2 bridgehead atoms. The molecule has 2 fully saturated rings. The smallest absolute Gasteiger partial charge is 0.0153 e. The number of piperidine rings is 1. The van der Waals surface area contributed by atoms with Crippen molar-refractivity contribution < 1.29 is 0 Å². The first-order chi connectivity index (χ1) is 6.11. The fourth-order valence-corrected chi connectivity index (χ4v) is 3.71. The molecule has 3 unspecified atom stereocenters. The molecule has 2 rings (SSSR count). The number of rotatable bonds is 2. The average Bonchev–Trinajstić information content (AvgIpc) is 2.60. The maximum absolute atomic E-state index is 2.79. The largest absolute Gasteiger partial charge is 0.295 e. The highest BCUT2D eigenvalue weighted by Crippen LogP contribution is 2.45. The van der Waals surface area contributed by atoms with Crippen molar-refractivity contribution in [3.05, 3.63) is 0 Å². The van der Waals surface area contributed by atoms with Gasteiger partial charge in [0.2, 0.25) is 0 Å². The van der Waals surface area contributed by atoms with E-state index in [1.54, 1.807) is 0 Å². The van der Waals surface area contributed by atoms with Gasteiger partial charge < -0.3 is 0 Å². The van der Waals surface area contributed by atoms with Crippen LogP contribution in [0.2, 0.25) is 0 Å². The number of fused-ring (bicyclic) bond motifs is 2. The van der Waals surface area contributed by atoms with Gasteiger partial charge in [0.05, 0.1) is 0 Å². The zero-order valence-corrected chi connectivity index (χ0v) is 9.46. The SMILES string of the molecule is C.CC(C)C1C2CCC(C2)N1C(C)C. The molecule has 1 heterocycles. The molecule has 0 aromatic rings. The summed E-state index contributed by atoms with van der Waals surface area (Å²) < 4.78 is 0. The zero-order chi connectivity index (χ0) is 9.59. The molecule has 0 amide bonds. The first kappa shape index (κ1) is 12.0. The van der Waals surface area contributed by atoms with Crippen molar-refractivity contribution in [2.24, 2.45) is 11.8 Å². The Morgan fingerprint density at radius 1 is 1.07 bits per heavy atom. The van der Waals surface area contributed by atoms with Gasteiger partial charge in [0.15, 0.2) is 0 Å². The van der Waals surface area contributed by atoms with E-state index in [4.69, 9.17) is 0 Å². The fourth-order valence-electron chi connectivity index (χ4n) is 3.71. The van der Waals surface area contributed by atoms with E-state index >= 15 is 0 Å². The minimum Gasteiger partial charge on any atom is -0.295 e. The Morgan fingerprint density at radius 3 is 2.14 bits per heavy atom. The fraction of sp³-hybridized carbons (Fsp3) is 1.00. The standard InChI is InChI=1S/C12H23N.CH4/c1-8(2)12-10-5-6-11(7-10)13(12)9(3)4;/h8-12H,5-7H2,1-4H3;1H4. The predicted octanol–water partition coefficient (Wildman–Crippen LogP) is 3.54. The van der Waals surface area contributed by atoms with Crippen molar-refractivity contribution in [2.75, 3.05) is 0 Å². The summed E-state index contributed by atoms with van der Waals surface area (Å²) in [5, 5.41) is 0. The van der Waals surface area contributed by atoms with E-state index in [0.717, 1.165) is 30.0 Å². The van der Waals surface area contributed by atoms with E-state index in [2.05, 4.69) is 32.6 Å². The molecular formula is C13H27N.